The monoisotopic (exact) mass is 476 g/mol. The molecule has 4 rings (SSSR count). The van der Waals surface area contributed by atoms with Crippen molar-refractivity contribution >= 4 is 63.5 Å². The second-order valence-electron chi connectivity index (χ2n) is 6.34. The first-order valence-electron chi connectivity index (χ1n) is 8.91. The molecule has 3 heterocycles. The summed E-state index contributed by atoms with van der Waals surface area (Å²) in [5.41, 5.74) is 2.23. The van der Waals surface area contributed by atoms with Gasteiger partial charge in [0, 0.05) is 18.5 Å². The molecule has 1 aliphatic rings. The molecule has 1 aromatic carbocycles. The number of aryl methyl sites for hydroxylation is 1. The van der Waals surface area contributed by atoms with E-state index in [4.69, 9.17) is 35.4 Å². The van der Waals surface area contributed by atoms with Crippen molar-refractivity contribution in [3.8, 4) is 11.3 Å². The Kier molecular flexibility index (Phi) is 6.43. The summed E-state index contributed by atoms with van der Waals surface area (Å²) in [6.07, 6.45) is 3.05. The number of tetrazole rings is 1. The Balaban J connectivity index is 1.48. The zero-order chi connectivity index (χ0) is 21.1. The number of nitrogens with zero attached hydrogens (tertiary/aromatic N) is 5. The van der Waals surface area contributed by atoms with Gasteiger partial charge in [-0.1, -0.05) is 64.5 Å². The first-order valence-corrected chi connectivity index (χ1v) is 10.9. The Morgan fingerprint density at radius 3 is 2.83 bits per heavy atom. The number of thiocarbonyl (C=S) groups is 1. The number of amides is 1. The molecule has 0 aliphatic carbocycles. The van der Waals surface area contributed by atoms with Crippen LogP contribution in [0.1, 0.15) is 17.9 Å². The lowest BCUT2D eigenvalue weighted by Gasteiger charge is -2.13. The van der Waals surface area contributed by atoms with E-state index in [0.29, 0.717) is 50.2 Å². The normalized spacial score (nSPS) is 15.4. The third-order valence-electron chi connectivity index (χ3n) is 4.31. The number of aromatic nitrogens is 5. The Morgan fingerprint density at radius 1 is 1.20 bits per heavy atom. The van der Waals surface area contributed by atoms with Crippen molar-refractivity contribution in [3.63, 3.8) is 0 Å². The van der Waals surface area contributed by atoms with Gasteiger partial charge in [-0.15, -0.1) is 10.2 Å². The Morgan fingerprint density at radius 2 is 2.07 bits per heavy atom. The van der Waals surface area contributed by atoms with E-state index in [0.717, 1.165) is 11.3 Å². The van der Waals surface area contributed by atoms with Gasteiger partial charge in [0.2, 0.25) is 0 Å². The highest BCUT2D eigenvalue weighted by Crippen LogP contribution is 2.33. The predicted molar refractivity (Wildman–Crippen MR) is 122 cm³/mol. The Bertz CT molecular complexity index is 1140. The molecule has 0 bridgehead atoms. The van der Waals surface area contributed by atoms with Crippen LogP contribution in [0.15, 0.2) is 41.3 Å². The van der Waals surface area contributed by atoms with E-state index in [1.165, 1.54) is 11.8 Å². The molecule has 0 atom stereocenters. The number of aromatic amines is 1. The van der Waals surface area contributed by atoms with Gasteiger partial charge in [0.25, 0.3) is 5.91 Å². The summed E-state index contributed by atoms with van der Waals surface area (Å²) in [5.74, 6) is 0.485. The van der Waals surface area contributed by atoms with Crippen LogP contribution in [-0.4, -0.2) is 47.3 Å². The van der Waals surface area contributed by atoms with Crippen LogP contribution in [0.4, 0.5) is 0 Å². The molecule has 0 unspecified atom stereocenters. The summed E-state index contributed by atoms with van der Waals surface area (Å²) in [5, 5.41) is 14.7. The van der Waals surface area contributed by atoms with E-state index in [1.54, 1.807) is 23.1 Å². The molecular formula is C19H14Cl2N6OS2. The van der Waals surface area contributed by atoms with Gasteiger partial charge >= 0.3 is 0 Å². The number of pyridine rings is 1. The first kappa shape index (κ1) is 20.9. The number of benzene rings is 1. The summed E-state index contributed by atoms with van der Waals surface area (Å²) in [6.45, 7) is 0.493. The third kappa shape index (κ3) is 4.70. The zero-order valence-corrected chi connectivity index (χ0v) is 18.5. The maximum absolute atomic E-state index is 12.8. The van der Waals surface area contributed by atoms with Crippen molar-refractivity contribution in [1.82, 2.24) is 30.5 Å². The molecule has 11 heteroatoms. The average molecular weight is 477 g/mol. The lowest BCUT2D eigenvalue weighted by Crippen LogP contribution is -2.29. The topological polar surface area (TPSA) is 87.7 Å². The number of H-pyrrole nitrogens is 1. The summed E-state index contributed by atoms with van der Waals surface area (Å²) in [4.78, 5) is 19.5. The van der Waals surface area contributed by atoms with Crippen molar-refractivity contribution in [3.05, 3.63) is 62.9 Å². The minimum atomic E-state index is -0.125. The van der Waals surface area contributed by atoms with Gasteiger partial charge in [0.15, 0.2) is 5.82 Å². The molecule has 3 aromatic rings. The molecule has 0 spiro atoms. The van der Waals surface area contributed by atoms with Crippen LogP contribution in [0.3, 0.4) is 0 Å². The van der Waals surface area contributed by atoms with Crippen molar-refractivity contribution < 1.29 is 4.79 Å². The number of halogens is 2. The van der Waals surface area contributed by atoms with Crippen molar-refractivity contribution in [2.45, 2.75) is 12.8 Å². The maximum Gasteiger partial charge on any atom is 0.266 e. The van der Waals surface area contributed by atoms with Gasteiger partial charge in [-0.25, -0.2) is 4.98 Å². The highest BCUT2D eigenvalue weighted by atomic mass is 35.5. The molecule has 1 fully saturated rings. The number of hydrogen-bond acceptors (Lipinski definition) is 7. The number of rotatable bonds is 6. The highest BCUT2D eigenvalue weighted by molar-refractivity contribution is 8.26. The van der Waals surface area contributed by atoms with Gasteiger partial charge in [0.1, 0.15) is 4.32 Å². The van der Waals surface area contributed by atoms with E-state index in [2.05, 4.69) is 25.6 Å². The molecule has 7 nitrogen and oxygen atoms in total. The molecule has 2 aromatic heterocycles. The summed E-state index contributed by atoms with van der Waals surface area (Å²) >= 11 is 18.8. The molecule has 1 saturated heterocycles. The SMILES string of the molecule is O=C1/C(=C/c2cccc(-c3ccc(Cl)c(Cl)c3)n2)SC(=S)N1CCCc1nn[nH]n1. The van der Waals surface area contributed by atoms with Gasteiger partial charge in [-0.3, -0.25) is 9.69 Å². The molecule has 1 amide bonds. The summed E-state index contributed by atoms with van der Waals surface area (Å²) in [7, 11) is 0. The first-order chi connectivity index (χ1) is 14.5. The van der Waals surface area contributed by atoms with E-state index in [9.17, 15) is 4.79 Å². The van der Waals surface area contributed by atoms with Crippen LogP contribution in [0.25, 0.3) is 17.3 Å². The van der Waals surface area contributed by atoms with E-state index < -0.39 is 0 Å². The minimum Gasteiger partial charge on any atom is -0.293 e. The summed E-state index contributed by atoms with van der Waals surface area (Å²) in [6, 6.07) is 10.9. The van der Waals surface area contributed by atoms with Crippen LogP contribution in [0.5, 0.6) is 0 Å². The molecular weight excluding hydrogens is 463 g/mol. The lowest BCUT2D eigenvalue weighted by atomic mass is 10.1. The second-order valence-corrected chi connectivity index (χ2v) is 8.83. The lowest BCUT2D eigenvalue weighted by molar-refractivity contribution is -0.122. The minimum absolute atomic E-state index is 0.125. The Hall–Kier alpha value is -2.33. The fraction of sp³-hybridized carbons (Fsp3) is 0.158. The molecule has 30 heavy (non-hydrogen) atoms. The largest absolute Gasteiger partial charge is 0.293 e. The number of thioether (sulfide) groups is 1. The second kappa shape index (κ2) is 9.22. The molecule has 152 valence electrons. The van der Waals surface area contributed by atoms with Crippen LogP contribution >= 0.6 is 47.2 Å². The van der Waals surface area contributed by atoms with Crippen LogP contribution in [-0.2, 0) is 11.2 Å². The highest BCUT2D eigenvalue weighted by Gasteiger charge is 2.31. The summed E-state index contributed by atoms with van der Waals surface area (Å²) < 4.78 is 0.528. The fourth-order valence-electron chi connectivity index (χ4n) is 2.86. The van der Waals surface area contributed by atoms with Crippen LogP contribution in [0.2, 0.25) is 10.0 Å². The predicted octanol–water partition coefficient (Wildman–Crippen LogP) is 4.40. The number of hydrogen-bond donors (Lipinski definition) is 1. The third-order valence-corrected chi connectivity index (χ3v) is 6.43. The smallest absolute Gasteiger partial charge is 0.266 e. The molecule has 1 aliphatic heterocycles. The number of nitrogens with one attached hydrogen (secondary N) is 1. The maximum atomic E-state index is 12.8. The fourth-order valence-corrected chi connectivity index (χ4v) is 4.45. The van der Waals surface area contributed by atoms with Crippen molar-refractivity contribution in [2.24, 2.45) is 0 Å². The van der Waals surface area contributed by atoms with Gasteiger partial charge < -0.3 is 0 Å². The standard InChI is InChI=1S/C19H14Cl2N6OS2/c20-13-7-6-11(9-14(13)21)15-4-1-3-12(22-15)10-16-18(28)27(19(29)30-16)8-2-5-17-23-25-26-24-17/h1,3-4,6-7,9-10H,2,5,8H2,(H,23,24,25,26)/b16-10-. The average Bonchev–Trinajstić information content (AvgIpc) is 3.34. The molecule has 0 saturated carbocycles. The Labute approximate surface area is 191 Å². The number of carbonyl (C=O) groups is 1. The van der Waals surface area contributed by atoms with E-state index in [1.807, 2.05) is 24.3 Å². The quantitative estimate of drug-likeness (QED) is 0.416. The van der Waals surface area contributed by atoms with Gasteiger partial charge in [0.05, 0.1) is 26.3 Å². The molecule has 0 radical (unpaired) electrons. The van der Waals surface area contributed by atoms with E-state index in [-0.39, 0.29) is 5.91 Å². The van der Waals surface area contributed by atoms with Crippen LogP contribution in [0, 0.1) is 0 Å². The van der Waals surface area contributed by atoms with Crippen molar-refractivity contribution in [1.29, 1.82) is 0 Å². The van der Waals surface area contributed by atoms with Crippen LogP contribution < -0.4 is 0 Å². The van der Waals surface area contributed by atoms with E-state index >= 15 is 0 Å². The number of carbonyl (C=O) groups excluding carboxylic acids is 1. The zero-order valence-electron chi connectivity index (χ0n) is 15.4. The molecule has 1 N–H and O–H groups in total. The van der Waals surface area contributed by atoms with Gasteiger partial charge in [-0.2, -0.15) is 5.21 Å². The van der Waals surface area contributed by atoms with Gasteiger partial charge in [-0.05, 0) is 36.8 Å². The van der Waals surface area contributed by atoms with Crippen molar-refractivity contribution in [2.75, 3.05) is 6.54 Å².